The molecule has 0 aliphatic heterocycles. The predicted molar refractivity (Wildman–Crippen MR) is 67.8 cm³/mol. The number of pyridine rings is 1. The quantitative estimate of drug-likeness (QED) is 0.769. The van der Waals surface area contributed by atoms with E-state index in [-0.39, 0.29) is 0 Å². The summed E-state index contributed by atoms with van der Waals surface area (Å²) in [6.45, 7) is 1.88. The molecule has 2 rings (SSSR count). The Kier molecular flexibility index (Phi) is 2.93. The number of hydrogen-bond acceptors (Lipinski definition) is 4. The van der Waals surface area contributed by atoms with Gasteiger partial charge in [0.25, 0.3) is 0 Å². The van der Waals surface area contributed by atoms with Crippen molar-refractivity contribution in [2.24, 2.45) is 0 Å². The fraction of sp³-hybridized carbons (Fsp3) is 0.0769. The van der Waals surface area contributed by atoms with E-state index in [1.165, 1.54) is 0 Å². The zero-order valence-corrected chi connectivity index (χ0v) is 9.44. The van der Waals surface area contributed by atoms with E-state index in [0.29, 0.717) is 17.1 Å². The van der Waals surface area contributed by atoms with E-state index >= 15 is 0 Å². The summed E-state index contributed by atoms with van der Waals surface area (Å²) in [4.78, 5) is 4.16. The van der Waals surface area contributed by atoms with Crippen molar-refractivity contribution in [3.63, 3.8) is 0 Å². The summed E-state index contributed by atoms with van der Waals surface area (Å²) >= 11 is 0. The first kappa shape index (κ1) is 11.0. The molecule has 2 aromatic rings. The first-order valence-corrected chi connectivity index (χ1v) is 5.19. The molecule has 0 saturated heterocycles. The molecule has 4 nitrogen and oxygen atoms in total. The molecule has 0 aliphatic carbocycles. The first-order valence-electron chi connectivity index (χ1n) is 5.19. The molecule has 17 heavy (non-hydrogen) atoms. The van der Waals surface area contributed by atoms with E-state index in [2.05, 4.69) is 16.4 Å². The van der Waals surface area contributed by atoms with Crippen LogP contribution in [0.25, 0.3) is 0 Å². The van der Waals surface area contributed by atoms with Crippen LogP contribution in [-0.2, 0) is 0 Å². The summed E-state index contributed by atoms with van der Waals surface area (Å²) < 4.78 is 0. The van der Waals surface area contributed by atoms with Gasteiger partial charge in [0.1, 0.15) is 11.9 Å². The van der Waals surface area contributed by atoms with E-state index in [4.69, 9.17) is 11.0 Å². The SMILES string of the molecule is Cc1ccnc(Nc2ccc(N)cc2)c1C#N. The van der Waals surface area contributed by atoms with Crippen LogP contribution in [0.3, 0.4) is 0 Å². The molecule has 0 unspecified atom stereocenters. The standard InChI is InChI=1S/C13H12N4/c1-9-6-7-16-13(12(9)8-14)17-11-4-2-10(15)3-5-11/h2-7H,15H2,1H3,(H,16,17). The van der Waals surface area contributed by atoms with Crippen LogP contribution in [0.2, 0.25) is 0 Å². The molecule has 1 aromatic carbocycles. The lowest BCUT2D eigenvalue weighted by Crippen LogP contribution is -1.98. The van der Waals surface area contributed by atoms with Crippen LogP contribution in [-0.4, -0.2) is 4.98 Å². The summed E-state index contributed by atoms with van der Waals surface area (Å²) in [6, 6.07) is 11.2. The van der Waals surface area contributed by atoms with Gasteiger partial charge in [-0.15, -0.1) is 0 Å². The Morgan fingerprint density at radius 3 is 2.59 bits per heavy atom. The molecule has 0 aliphatic rings. The van der Waals surface area contributed by atoms with E-state index < -0.39 is 0 Å². The summed E-state index contributed by atoms with van der Waals surface area (Å²) in [5.74, 6) is 0.567. The van der Waals surface area contributed by atoms with Gasteiger partial charge in [-0.2, -0.15) is 5.26 Å². The van der Waals surface area contributed by atoms with Crippen molar-refractivity contribution in [1.82, 2.24) is 4.98 Å². The maximum absolute atomic E-state index is 9.07. The second kappa shape index (κ2) is 4.54. The minimum Gasteiger partial charge on any atom is -0.399 e. The van der Waals surface area contributed by atoms with Crippen LogP contribution in [0, 0.1) is 18.3 Å². The normalized spacial score (nSPS) is 9.65. The minimum atomic E-state index is 0.560. The third-order valence-electron chi connectivity index (χ3n) is 2.44. The van der Waals surface area contributed by atoms with E-state index in [0.717, 1.165) is 11.3 Å². The Bertz CT molecular complexity index is 567. The molecular weight excluding hydrogens is 212 g/mol. The van der Waals surface area contributed by atoms with Gasteiger partial charge in [-0.1, -0.05) is 0 Å². The lowest BCUT2D eigenvalue weighted by molar-refractivity contribution is 1.24. The summed E-state index contributed by atoms with van der Waals surface area (Å²) in [6.07, 6.45) is 1.68. The van der Waals surface area contributed by atoms with Crippen molar-refractivity contribution in [3.8, 4) is 6.07 Å². The number of rotatable bonds is 2. The van der Waals surface area contributed by atoms with Gasteiger partial charge >= 0.3 is 0 Å². The third kappa shape index (κ3) is 2.34. The molecule has 3 N–H and O–H groups in total. The van der Waals surface area contributed by atoms with Crippen LogP contribution in [0.5, 0.6) is 0 Å². The van der Waals surface area contributed by atoms with Crippen molar-refractivity contribution in [2.45, 2.75) is 6.92 Å². The number of nitrogens with one attached hydrogen (secondary N) is 1. The molecule has 0 fully saturated rings. The van der Waals surface area contributed by atoms with Gasteiger partial charge in [-0.3, -0.25) is 0 Å². The Hall–Kier alpha value is -2.54. The predicted octanol–water partition coefficient (Wildman–Crippen LogP) is 2.59. The van der Waals surface area contributed by atoms with Crippen LogP contribution < -0.4 is 11.1 Å². The molecule has 1 aromatic heterocycles. The Morgan fingerprint density at radius 1 is 1.24 bits per heavy atom. The molecule has 4 heteroatoms. The maximum Gasteiger partial charge on any atom is 0.148 e. The van der Waals surface area contributed by atoms with E-state index in [1.54, 1.807) is 18.3 Å². The molecule has 0 atom stereocenters. The number of nitrogens with two attached hydrogens (primary N) is 1. The number of aromatic nitrogens is 1. The van der Waals surface area contributed by atoms with Crippen LogP contribution in [0.15, 0.2) is 36.5 Å². The average Bonchev–Trinajstić information content (AvgIpc) is 2.32. The largest absolute Gasteiger partial charge is 0.399 e. The van der Waals surface area contributed by atoms with Gasteiger partial charge in [-0.05, 0) is 42.8 Å². The van der Waals surface area contributed by atoms with E-state index in [1.807, 2.05) is 25.1 Å². The minimum absolute atomic E-state index is 0.560. The van der Waals surface area contributed by atoms with Crippen molar-refractivity contribution < 1.29 is 0 Å². The van der Waals surface area contributed by atoms with E-state index in [9.17, 15) is 0 Å². The summed E-state index contributed by atoms with van der Waals surface area (Å²) in [5.41, 5.74) is 8.62. The van der Waals surface area contributed by atoms with Gasteiger partial charge in [0.15, 0.2) is 0 Å². The van der Waals surface area contributed by atoms with Crippen LogP contribution >= 0.6 is 0 Å². The monoisotopic (exact) mass is 224 g/mol. The van der Waals surface area contributed by atoms with Gasteiger partial charge in [0.2, 0.25) is 0 Å². The average molecular weight is 224 g/mol. The highest BCUT2D eigenvalue weighted by atomic mass is 15.0. The smallest absolute Gasteiger partial charge is 0.148 e. The highest BCUT2D eigenvalue weighted by Crippen LogP contribution is 2.20. The molecule has 0 radical (unpaired) electrons. The number of anilines is 3. The fourth-order valence-corrected chi connectivity index (χ4v) is 1.50. The second-order valence-corrected chi connectivity index (χ2v) is 3.71. The zero-order chi connectivity index (χ0) is 12.3. The number of nitriles is 1. The Balaban J connectivity index is 2.34. The lowest BCUT2D eigenvalue weighted by atomic mass is 10.1. The van der Waals surface area contributed by atoms with Gasteiger partial charge in [0.05, 0.1) is 5.56 Å². The molecular formula is C13H12N4. The number of aryl methyl sites for hydroxylation is 1. The van der Waals surface area contributed by atoms with Gasteiger partial charge in [-0.25, -0.2) is 4.98 Å². The molecule has 0 bridgehead atoms. The van der Waals surface area contributed by atoms with Crippen LogP contribution in [0.4, 0.5) is 17.2 Å². The topological polar surface area (TPSA) is 74.7 Å². The maximum atomic E-state index is 9.07. The number of benzene rings is 1. The molecule has 0 amide bonds. The molecule has 1 heterocycles. The number of nitrogen functional groups attached to an aromatic ring is 1. The molecule has 0 spiro atoms. The zero-order valence-electron chi connectivity index (χ0n) is 9.44. The summed E-state index contributed by atoms with van der Waals surface area (Å²) in [5, 5.41) is 12.2. The van der Waals surface area contributed by atoms with Crippen molar-refractivity contribution in [1.29, 1.82) is 5.26 Å². The van der Waals surface area contributed by atoms with Gasteiger partial charge in [0, 0.05) is 17.6 Å². The molecule has 84 valence electrons. The lowest BCUT2D eigenvalue weighted by Gasteiger charge is -2.08. The first-order chi connectivity index (χ1) is 8.20. The summed E-state index contributed by atoms with van der Waals surface area (Å²) in [7, 11) is 0. The highest BCUT2D eigenvalue weighted by molar-refractivity contribution is 5.65. The van der Waals surface area contributed by atoms with Crippen molar-refractivity contribution >= 4 is 17.2 Å². The molecule has 0 saturated carbocycles. The fourth-order valence-electron chi connectivity index (χ4n) is 1.50. The van der Waals surface area contributed by atoms with Crippen molar-refractivity contribution in [3.05, 3.63) is 47.7 Å². The highest BCUT2D eigenvalue weighted by Gasteiger charge is 2.06. The van der Waals surface area contributed by atoms with Crippen molar-refractivity contribution in [2.75, 3.05) is 11.1 Å². The van der Waals surface area contributed by atoms with Gasteiger partial charge < -0.3 is 11.1 Å². The second-order valence-electron chi connectivity index (χ2n) is 3.71. The third-order valence-corrected chi connectivity index (χ3v) is 2.44. The number of hydrogen-bond donors (Lipinski definition) is 2. The Morgan fingerprint density at radius 2 is 1.94 bits per heavy atom. The Labute approximate surface area is 99.7 Å². The number of nitrogens with zero attached hydrogens (tertiary/aromatic N) is 2. The van der Waals surface area contributed by atoms with Crippen LogP contribution in [0.1, 0.15) is 11.1 Å².